The average Bonchev–Trinajstić information content (AvgIpc) is 2.45. The maximum atomic E-state index is 8.67. The predicted molar refractivity (Wildman–Crippen MR) is 54.8 cm³/mol. The van der Waals surface area contributed by atoms with Crippen LogP contribution in [-0.2, 0) is 0 Å². The molecule has 1 aromatic rings. The van der Waals surface area contributed by atoms with Gasteiger partial charge in [-0.1, -0.05) is 0 Å². The van der Waals surface area contributed by atoms with Crippen molar-refractivity contribution in [3.05, 3.63) is 23.2 Å². The van der Waals surface area contributed by atoms with Crippen molar-refractivity contribution in [3.63, 3.8) is 0 Å². The second-order valence-corrected chi connectivity index (χ2v) is 3.61. The summed E-state index contributed by atoms with van der Waals surface area (Å²) in [7, 11) is 0. The maximum Gasteiger partial charge on any atom is 0.105 e. The van der Waals surface area contributed by atoms with Gasteiger partial charge in [-0.2, -0.15) is 5.26 Å². The van der Waals surface area contributed by atoms with Gasteiger partial charge >= 0.3 is 0 Å². The summed E-state index contributed by atoms with van der Waals surface area (Å²) in [6.07, 6.45) is 0. The molecular formula is C11H16N2O. The number of nitrogens with one attached hydrogen (secondary N) is 1. The van der Waals surface area contributed by atoms with Crippen molar-refractivity contribution in [2.24, 2.45) is 0 Å². The summed E-state index contributed by atoms with van der Waals surface area (Å²) in [5.74, 6) is 1.84. The summed E-state index contributed by atoms with van der Waals surface area (Å²) in [5, 5.41) is 11.8. The Hall–Kier alpha value is -1.27. The standard InChI is InChI=1S/C11H16N2O/c1-7(6-12)13-9(3)11-5-8(2)14-10(11)4/h5,7,9,13H,1-4H3. The summed E-state index contributed by atoms with van der Waals surface area (Å²) >= 11 is 0. The van der Waals surface area contributed by atoms with E-state index < -0.39 is 0 Å². The molecular weight excluding hydrogens is 176 g/mol. The molecule has 2 atom stereocenters. The third kappa shape index (κ3) is 2.36. The van der Waals surface area contributed by atoms with E-state index in [9.17, 15) is 0 Å². The Morgan fingerprint density at radius 3 is 2.50 bits per heavy atom. The number of aryl methyl sites for hydroxylation is 2. The summed E-state index contributed by atoms with van der Waals surface area (Å²) in [6.45, 7) is 7.75. The normalized spacial score (nSPS) is 14.8. The first-order chi connectivity index (χ1) is 6.54. The minimum atomic E-state index is -0.139. The van der Waals surface area contributed by atoms with E-state index >= 15 is 0 Å². The first-order valence-corrected chi connectivity index (χ1v) is 4.77. The van der Waals surface area contributed by atoms with Crippen LogP contribution >= 0.6 is 0 Å². The third-order valence-electron chi connectivity index (χ3n) is 2.24. The number of nitriles is 1. The van der Waals surface area contributed by atoms with Crippen molar-refractivity contribution in [1.29, 1.82) is 5.26 Å². The van der Waals surface area contributed by atoms with Gasteiger partial charge in [0.15, 0.2) is 0 Å². The van der Waals surface area contributed by atoms with Gasteiger partial charge in [-0.05, 0) is 33.8 Å². The Labute approximate surface area is 84.7 Å². The molecule has 0 bridgehead atoms. The Bertz CT molecular complexity index is 349. The van der Waals surface area contributed by atoms with Gasteiger partial charge in [-0.15, -0.1) is 0 Å². The minimum Gasteiger partial charge on any atom is -0.466 e. The van der Waals surface area contributed by atoms with E-state index in [1.165, 1.54) is 0 Å². The topological polar surface area (TPSA) is 49.0 Å². The van der Waals surface area contributed by atoms with Crippen molar-refractivity contribution in [1.82, 2.24) is 5.32 Å². The molecule has 1 aromatic heterocycles. The van der Waals surface area contributed by atoms with E-state index in [0.717, 1.165) is 17.1 Å². The molecule has 0 radical (unpaired) electrons. The molecule has 1 N–H and O–H groups in total. The van der Waals surface area contributed by atoms with Crippen molar-refractivity contribution < 1.29 is 4.42 Å². The molecule has 14 heavy (non-hydrogen) atoms. The van der Waals surface area contributed by atoms with E-state index in [1.54, 1.807) is 0 Å². The number of furan rings is 1. The predicted octanol–water partition coefficient (Wildman–Crippen LogP) is 2.46. The van der Waals surface area contributed by atoms with Crippen molar-refractivity contribution in [2.75, 3.05) is 0 Å². The fraction of sp³-hybridized carbons (Fsp3) is 0.545. The SMILES string of the molecule is Cc1cc(C(C)NC(C)C#N)c(C)o1. The molecule has 0 fully saturated rings. The summed E-state index contributed by atoms with van der Waals surface area (Å²) in [5.41, 5.74) is 1.13. The molecule has 0 saturated carbocycles. The molecule has 0 saturated heterocycles. The lowest BCUT2D eigenvalue weighted by molar-refractivity contribution is 0.485. The molecule has 0 amide bonds. The molecule has 3 heteroatoms. The lowest BCUT2D eigenvalue weighted by Gasteiger charge is -2.14. The fourth-order valence-corrected chi connectivity index (χ4v) is 1.58. The highest BCUT2D eigenvalue weighted by Gasteiger charge is 2.13. The summed E-state index contributed by atoms with van der Waals surface area (Å²) in [6, 6.07) is 4.18. The molecule has 2 unspecified atom stereocenters. The van der Waals surface area contributed by atoms with Crippen molar-refractivity contribution in [2.45, 2.75) is 39.8 Å². The highest BCUT2D eigenvalue weighted by molar-refractivity contribution is 5.23. The van der Waals surface area contributed by atoms with Gasteiger partial charge in [0, 0.05) is 11.6 Å². The van der Waals surface area contributed by atoms with Crippen LogP contribution < -0.4 is 5.32 Å². The van der Waals surface area contributed by atoms with Gasteiger partial charge in [0.25, 0.3) is 0 Å². The number of nitrogens with zero attached hydrogens (tertiary/aromatic N) is 1. The Balaban J connectivity index is 2.75. The monoisotopic (exact) mass is 192 g/mol. The van der Waals surface area contributed by atoms with Crippen molar-refractivity contribution >= 4 is 0 Å². The minimum absolute atomic E-state index is 0.139. The molecule has 1 rings (SSSR count). The first-order valence-electron chi connectivity index (χ1n) is 4.77. The van der Waals surface area contributed by atoms with Crippen LogP contribution in [0.3, 0.4) is 0 Å². The van der Waals surface area contributed by atoms with Crippen LogP contribution in [0.5, 0.6) is 0 Å². The second kappa shape index (κ2) is 4.30. The number of hydrogen-bond donors (Lipinski definition) is 1. The zero-order chi connectivity index (χ0) is 10.7. The highest BCUT2D eigenvalue weighted by Crippen LogP contribution is 2.21. The molecule has 0 spiro atoms. The molecule has 1 heterocycles. The lowest BCUT2D eigenvalue weighted by Crippen LogP contribution is -2.27. The Morgan fingerprint density at radius 1 is 1.43 bits per heavy atom. The number of rotatable bonds is 3. The van der Waals surface area contributed by atoms with Gasteiger partial charge in [0.1, 0.15) is 11.5 Å². The van der Waals surface area contributed by atoms with E-state index in [4.69, 9.17) is 9.68 Å². The van der Waals surface area contributed by atoms with Gasteiger partial charge in [0.05, 0.1) is 12.1 Å². The molecule has 0 aromatic carbocycles. The lowest BCUT2D eigenvalue weighted by atomic mass is 10.1. The van der Waals surface area contributed by atoms with Crippen LogP contribution in [0.2, 0.25) is 0 Å². The van der Waals surface area contributed by atoms with Crippen LogP contribution in [0, 0.1) is 25.2 Å². The molecule has 0 aliphatic heterocycles. The molecule has 3 nitrogen and oxygen atoms in total. The largest absolute Gasteiger partial charge is 0.466 e. The van der Waals surface area contributed by atoms with Crippen molar-refractivity contribution in [3.8, 4) is 6.07 Å². The Kier molecular flexibility index (Phi) is 3.32. The Morgan fingerprint density at radius 2 is 2.07 bits per heavy atom. The average molecular weight is 192 g/mol. The van der Waals surface area contributed by atoms with Crippen LogP contribution in [0.4, 0.5) is 0 Å². The zero-order valence-corrected chi connectivity index (χ0v) is 9.09. The second-order valence-electron chi connectivity index (χ2n) is 3.61. The van der Waals surface area contributed by atoms with Crippen LogP contribution in [0.25, 0.3) is 0 Å². The van der Waals surface area contributed by atoms with Crippen LogP contribution in [0.15, 0.2) is 10.5 Å². The third-order valence-corrected chi connectivity index (χ3v) is 2.24. The van der Waals surface area contributed by atoms with Crippen LogP contribution in [-0.4, -0.2) is 6.04 Å². The molecule has 76 valence electrons. The highest BCUT2D eigenvalue weighted by atomic mass is 16.3. The van der Waals surface area contributed by atoms with E-state index in [0.29, 0.717) is 0 Å². The fourth-order valence-electron chi connectivity index (χ4n) is 1.58. The first kappa shape index (κ1) is 10.8. The van der Waals surface area contributed by atoms with Crippen LogP contribution in [0.1, 0.15) is 37.0 Å². The van der Waals surface area contributed by atoms with E-state index in [1.807, 2.05) is 33.8 Å². The van der Waals surface area contributed by atoms with Gasteiger partial charge in [0.2, 0.25) is 0 Å². The van der Waals surface area contributed by atoms with Gasteiger partial charge < -0.3 is 4.42 Å². The quantitative estimate of drug-likeness (QED) is 0.800. The maximum absolute atomic E-state index is 8.67. The summed E-state index contributed by atoms with van der Waals surface area (Å²) < 4.78 is 5.43. The summed E-state index contributed by atoms with van der Waals surface area (Å²) in [4.78, 5) is 0. The van der Waals surface area contributed by atoms with Gasteiger partial charge in [-0.3, -0.25) is 5.32 Å². The van der Waals surface area contributed by atoms with E-state index in [2.05, 4.69) is 11.4 Å². The zero-order valence-electron chi connectivity index (χ0n) is 9.09. The number of hydrogen-bond acceptors (Lipinski definition) is 3. The van der Waals surface area contributed by atoms with E-state index in [-0.39, 0.29) is 12.1 Å². The molecule has 0 aliphatic rings. The molecule has 0 aliphatic carbocycles. The smallest absolute Gasteiger partial charge is 0.105 e. The van der Waals surface area contributed by atoms with Gasteiger partial charge in [-0.25, -0.2) is 0 Å².